The molecule has 1 heterocycles. The molecule has 1 aliphatic carbocycles. The van der Waals surface area contributed by atoms with E-state index in [1.54, 1.807) is 0 Å². The Labute approximate surface area is 84.1 Å². The van der Waals surface area contributed by atoms with Crippen LogP contribution in [0.4, 0.5) is 0 Å². The molecule has 0 spiro atoms. The predicted octanol–water partition coefficient (Wildman–Crippen LogP) is 2.01. The third-order valence-electron chi connectivity index (χ3n) is 2.41. The zero-order valence-corrected chi connectivity index (χ0v) is 8.95. The van der Waals surface area contributed by atoms with Crippen molar-refractivity contribution in [1.29, 1.82) is 0 Å². The molecule has 4 heteroatoms. The monoisotopic (exact) mass is 195 g/mol. The highest BCUT2D eigenvalue weighted by Crippen LogP contribution is 2.23. The summed E-state index contributed by atoms with van der Waals surface area (Å²) in [6.07, 6.45) is 2.55. The van der Waals surface area contributed by atoms with Crippen LogP contribution in [0.15, 0.2) is 4.52 Å². The maximum absolute atomic E-state index is 5.19. The molecule has 0 amide bonds. The summed E-state index contributed by atoms with van der Waals surface area (Å²) in [7, 11) is 0. The SMILES string of the molecule is CC(C)c1noc(C(C)NC2CC2)n1. The van der Waals surface area contributed by atoms with Crippen molar-refractivity contribution in [3.05, 3.63) is 11.7 Å². The average molecular weight is 195 g/mol. The lowest BCUT2D eigenvalue weighted by Gasteiger charge is -2.06. The van der Waals surface area contributed by atoms with E-state index in [1.165, 1.54) is 12.8 Å². The molecule has 4 nitrogen and oxygen atoms in total. The molecule has 1 aromatic heterocycles. The van der Waals surface area contributed by atoms with Crippen LogP contribution in [-0.2, 0) is 0 Å². The van der Waals surface area contributed by atoms with Gasteiger partial charge in [0.15, 0.2) is 5.82 Å². The number of aromatic nitrogens is 2. The molecular formula is C10H17N3O. The van der Waals surface area contributed by atoms with Crippen LogP contribution >= 0.6 is 0 Å². The van der Waals surface area contributed by atoms with Crippen LogP contribution in [0.5, 0.6) is 0 Å². The van der Waals surface area contributed by atoms with Crippen molar-refractivity contribution < 1.29 is 4.52 Å². The smallest absolute Gasteiger partial charge is 0.243 e. The Balaban J connectivity index is 1.99. The molecule has 0 aliphatic heterocycles. The summed E-state index contributed by atoms with van der Waals surface area (Å²) in [5.41, 5.74) is 0. The maximum Gasteiger partial charge on any atom is 0.243 e. The lowest BCUT2D eigenvalue weighted by molar-refractivity contribution is 0.334. The average Bonchev–Trinajstić information content (AvgIpc) is 2.81. The van der Waals surface area contributed by atoms with Crippen molar-refractivity contribution in [3.63, 3.8) is 0 Å². The zero-order valence-electron chi connectivity index (χ0n) is 8.95. The van der Waals surface area contributed by atoms with Crippen molar-refractivity contribution in [1.82, 2.24) is 15.5 Å². The van der Waals surface area contributed by atoms with E-state index in [1.807, 2.05) is 0 Å². The Kier molecular flexibility index (Phi) is 2.54. The second kappa shape index (κ2) is 3.69. The zero-order chi connectivity index (χ0) is 10.1. The van der Waals surface area contributed by atoms with Gasteiger partial charge in [0, 0.05) is 12.0 Å². The largest absolute Gasteiger partial charge is 0.338 e. The van der Waals surface area contributed by atoms with Gasteiger partial charge >= 0.3 is 0 Å². The molecule has 1 atom stereocenters. The quantitative estimate of drug-likeness (QED) is 0.798. The Morgan fingerprint density at radius 1 is 1.36 bits per heavy atom. The van der Waals surface area contributed by atoms with E-state index in [9.17, 15) is 0 Å². The first kappa shape index (κ1) is 9.65. The van der Waals surface area contributed by atoms with Crippen LogP contribution in [0.3, 0.4) is 0 Å². The molecule has 78 valence electrons. The fourth-order valence-electron chi connectivity index (χ4n) is 1.33. The summed E-state index contributed by atoms with van der Waals surface area (Å²) in [4.78, 5) is 4.35. The third-order valence-corrected chi connectivity index (χ3v) is 2.41. The maximum atomic E-state index is 5.19. The van der Waals surface area contributed by atoms with Crippen molar-refractivity contribution in [2.24, 2.45) is 0 Å². The highest BCUT2D eigenvalue weighted by molar-refractivity contribution is 4.97. The van der Waals surface area contributed by atoms with Crippen LogP contribution in [0, 0.1) is 0 Å². The second-order valence-electron chi connectivity index (χ2n) is 4.31. The summed E-state index contributed by atoms with van der Waals surface area (Å²) in [6.45, 7) is 6.19. The molecule has 0 radical (unpaired) electrons. The second-order valence-corrected chi connectivity index (χ2v) is 4.31. The van der Waals surface area contributed by atoms with E-state index in [2.05, 4.69) is 36.2 Å². The lowest BCUT2D eigenvalue weighted by atomic mass is 10.2. The van der Waals surface area contributed by atoms with Gasteiger partial charge in [0.2, 0.25) is 5.89 Å². The highest BCUT2D eigenvalue weighted by atomic mass is 16.5. The van der Waals surface area contributed by atoms with E-state index in [0.29, 0.717) is 17.9 Å². The first-order valence-electron chi connectivity index (χ1n) is 5.26. The summed E-state index contributed by atoms with van der Waals surface area (Å²) >= 11 is 0. The topological polar surface area (TPSA) is 51.0 Å². The summed E-state index contributed by atoms with van der Waals surface area (Å²) in [5, 5.41) is 7.36. The third kappa shape index (κ3) is 2.12. The molecule has 0 bridgehead atoms. The number of nitrogens with zero attached hydrogens (tertiary/aromatic N) is 2. The fourth-order valence-corrected chi connectivity index (χ4v) is 1.33. The lowest BCUT2D eigenvalue weighted by Crippen LogP contribution is -2.20. The number of nitrogens with one attached hydrogen (secondary N) is 1. The van der Waals surface area contributed by atoms with Gasteiger partial charge < -0.3 is 9.84 Å². The first-order valence-corrected chi connectivity index (χ1v) is 5.26. The molecule has 1 N–H and O–H groups in total. The highest BCUT2D eigenvalue weighted by Gasteiger charge is 2.25. The Morgan fingerprint density at radius 2 is 2.07 bits per heavy atom. The normalized spacial score (nSPS) is 18.9. The summed E-state index contributed by atoms with van der Waals surface area (Å²) < 4.78 is 5.19. The van der Waals surface area contributed by atoms with Gasteiger partial charge in [-0.3, -0.25) is 0 Å². The van der Waals surface area contributed by atoms with Crippen LogP contribution in [0.2, 0.25) is 0 Å². The van der Waals surface area contributed by atoms with Gasteiger partial charge in [-0.25, -0.2) is 0 Å². The fraction of sp³-hybridized carbons (Fsp3) is 0.800. The van der Waals surface area contributed by atoms with Crippen LogP contribution in [-0.4, -0.2) is 16.2 Å². The molecule has 0 aromatic carbocycles. The van der Waals surface area contributed by atoms with E-state index >= 15 is 0 Å². The molecule has 1 aliphatic rings. The molecule has 1 aromatic rings. The molecule has 0 saturated heterocycles. The van der Waals surface area contributed by atoms with Crippen LogP contribution in [0.25, 0.3) is 0 Å². The minimum absolute atomic E-state index is 0.183. The van der Waals surface area contributed by atoms with Gasteiger partial charge in [-0.2, -0.15) is 4.98 Å². The summed E-state index contributed by atoms with van der Waals surface area (Å²) in [6, 6.07) is 0.849. The molecule has 2 rings (SSSR count). The van der Waals surface area contributed by atoms with Crippen LogP contribution < -0.4 is 5.32 Å². The minimum atomic E-state index is 0.183. The number of hydrogen-bond acceptors (Lipinski definition) is 4. The number of rotatable bonds is 4. The van der Waals surface area contributed by atoms with Crippen molar-refractivity contribution in [2.75, 3.05) is 0 Å². The summed E-state index contributed by atoms with van der Waals surface area (Å²) in [5.74, 6) is 1.84. The molecule has 14 heavy (non-hydrogen) atoms. The van der Waals surface area contributed by atoms with E-state index < -0.39 is 0 Å². The van der Waals surface area contributed by atoms with Gasteiger partial charge in [0.05, 0.1) is 6.04 Å². The Morgan fingerprint density at radius 3 is 2.57 bits per heavy atom. The Bertz CT molecular complexity index is 304. The van der Waals surface area contributed by atoms with Crippen molar-refractivity contribution in [2.45, 2.75) is 51.6 Å². The number of hydrogen-bond donors (Lipinski definition) is 1. The van der Waals surface area contributed by atoms with Crippen molar-refractivity contribution in [3.8, 4) is 0 Å². The molecule has 1 fully saturated rings. The van der Waals surface area contributed by atoms with Crippen molar-refractivity contribution >= 4 is 0 Å². The van der Waals surface area contributed by atoms with E-state index in [0.717, 1.165) is 5.82 Å². The predicted molar refractivity (Wildman–Crippen MR) is 53.0 cm³/mol. The Hall–Kier alpha value is -0.900. The van der Waals surface area contributed by atoms with E-state index in [-0.39, 0.29) is 6.04 Å². The van der Waals surface area contributed by atoms with Gasteiger partial charge in [0.25, 0.3) is 0 Å². The first-order chi connectivity index (χ1) is 6.66. The van der Waals surface area contributed by atoms with Gasteiger partial charge in [0.1, 0.15) is 0 Å². The van der Waals surface area contributed by atoms with Gasteiger partial charge in [-0.15, -0.1) is 0 Å². The minimum Gasteiger partial charge on any atom is -0.338 e. The van der Waals surface area contributed by atoms with Gasteiger partial charge in [-0.05, 0) is 19.8 Å². The van der Waals surface area contributed by atoms with E-state index in [4.69, 9.17) is 4.52 Å². The molecular weight excluding hydrogens is 178 g/mol. The van der Waals surface area contributed by atoms with Gasteiger partial charge in [-0.1, -0.05) is 19.0 Å². The molecule has 1 saturated carbocycles. The molecule has 1 unspecified atom stereocenters. The standard InChI is InChI=1S/C10H17N3O/c1-6(2)9-12-10(14-13-9)7(3)11-8-4-5-8/h6-8,11H,4-5H2,1-3H3. The van der Waals surface area contributed by atoms with Crippen LogP contribution in [0.1, 0.15) is 57.3 Å².